The second-order valence-electron chi connectivity index (χ2n) is 6.70. The van der Waals surface area contributed by atoms with Crippen molar-refractivity contribution in [1.82, 2.24) is 19.7 Å². The molecule has 9 nitrogen and oxygen atoms in total. The van der Waals surface area contributed by atoms with Crippen LogP contribution in [0.15, 0.2) is 18.3 Å². The molecular formula is C17H19F3N6O3. The number of hydrogen-bond acceptors (Lipinski definition) is 6. The summed E-state index contributed by atoms with van der Waals surface area (Å²) in [7, 11) is 0. The number of aromatic nitrogens is 3. The number of hydrogen-bond donors (Lipinski definition) is 0. The summed E-state index contributed by atoms with van der Waals surface area (Å²) in [6, 6.07) is 2.30. The van der Waals surface area contributed by atoms with E-state index in [4.69, 9.17) is 0 Å². The van der Waals surface area contributed by atoms with Crippen LogP contribution < -0.4 is 4.90 Å². The van der Waals surface area contributed by atoms with Gasteiger partial charge >= 0.3 is 11.9 Å². The Morgan fingerprint density at radius 3 is 2.34 bits per heavy atom. The van der Waals surface area contributed by atoms with Crippen molar-refractivity contribution in [3.63, 3.8) is 0 Å². The first-order valence-electron chi connectivity index (χ1n) is 8.82. The number of anilines is 1. The molecule has 0 atom stereocenters. The maximum absolute atomic E-state index is 12.6. The molecule has 1 aliphatic heterocycles. The topological polar surface area (TPSA) is 97.4 Å². The molecule has 2 aromatic rings. The molecule has 0 spiro atoms. The first-order chi connectivity index (χ1) is 13.6. The van der Waals surface area contributed by atoms with Crippen molar-refractivity contribution >= 4 is 17.4 Å². The summed E-state index contributed by atoms with van der Waals surface area (Å²) in [4.78, 5) is 30.4. The number of rotatable bonds is 4. The van der Waals surface area contributed by atoms with Gasteiger partial charge in [0.05, 0.1) is 10.5 Å². The fourth-order valence-corrected chi connectivity index (χ4v) is 3.26. The molecule has 1 saturated heterocycles. The van der Waals surface area contributed by atoms with Crippen LogP contribution in [0.25, 0.3) is 0 Å². The summed E-state index contributed by atoms with van der Waals surface area (Å²) < 4.78 is 39.2. The first-order valence-corrected chi connectivity index (χ1v) is 8.82. The number of alkyl halides is 3. The lowest BCUT2D eigenvalue weighted by Crippen LogP contribution is -2.50. The number of halogens is 3. The number of carbonyl (C=O) groups excluding carboxylic acids is 1. The molecule has 3 rings (SSSR count). The number of nitro groups is 1. The predicted octanol–water partition coefficient (Wildman–Crippen LogP) is 2.17. The fourth-order valence-electron chi connectivity index (χ4n) is 3.26. The second-order valence-corrected chi connectivity index (χ2v) is 6.70. The van der Waals surface area contributed by atoms with Crippen LogP contribution in [0.2, 0.25) is 0 Å². The van der Waals surface area contributed by atoms with Crippen molar-refractivity contribution in [2.75, 3.05) is 31.1 Å². The summed E-state index contributed by atoms with van der Waals surface area (Å²) in [5.74, 6) is 0.185. The van der Waals surface area contributed by atoms with E-state index in [9.17, 15) is 28.1 Å². The second kappa shape index (κ2) is 7.68. The van der Waals surface area contributed by atoms with Gasteiger partial charge in [0.25, 0.3) is 0 Å². The van der Waals surface area contributed by atoms with Gasteiger partial charge in [-0.05, 0) is 26.0 Å². The Labute approximate surface area is 163 Å². The van der Waals surface area contributed by atoms with Crippen LogP contribution >= 0.6 is 0 Å². The van der Waals surface area contributed by atoms with Crippen molar-refractivity contribution in [2.45, 2.75) is 26.6 Å². The summed E-state index contributed by atoms with van der Waals surface area (Å²) >= 11 is 0. The van der Waals surface area contributed by atoms with Crippen molar-refractivity contribution in [1.29, 1.82) is 0 Å². The molecular weight excluding hydrogens is 393 g/mol. The van der Waals surface area contributed by atoms with E-state index in [1.165, 1.54) is 17.7 Å². The van der Waals surface area contributed by atoms with E-state index in [2.05, 4.69) is 10.1 Å². The minimum Gasteiger partial charge on any atom is -0.353 e. The predicted molar refractivity (Wildman–Crippen MR) is 96.4 cm³/mol. The van der Waals surface area contributed by atoms with E-state index < -0.39 is 16.7 Å². The molecule has 29 heavy (non-hydrogen) atoms. The normalized spacial score (nSPS) is 14.9. The summed E-state index contributed by atoms with van der Waals surface area (Å²) in [6.45, 7) is 4.51. The summed E-state index contributed by atoms with van der Waals surface area (Å²) in [6.07, 6.45) is -3.64. The van der Waals surface area contributed by atoms with Crippen molar-refractivity contribution in [3.8, 4) is 0 Å². The van der Waals surface area contributed by atoms with Crippen molar-refractivity contribution in [2.24, 2.45) is 0 Å². The Morgan fingerprint density at radius 1 is 1.21 bits per heavy atom. The van der Waals surface area contributed by atoms with Gasteiger partial charge in [0.1, 0.15) is 23.8 Å². The van der Waals surface area contributed by atoms with E-state index in [0.717, 1.165) is 12.3 Å². The van der Waals surface area contributed by atoms with Crippen molar-refractivity contribution < 1.29 is 22.9 Å². The highest BCUT2D eigenvalue weighted by Gasteiger charge is 2.31. The molecule has 1 fully saturated rings. The first kappa shape index (κ1) is 20.6. The molecule has 0 aliphatic carbocycles. The quantitative estimate of drug-likeness (QED) is 0.564. The van der Waals surface area contributed by atoms with Gasteiger partial charge in [-0.2, -0.15) is 18.3 Å². The molecule has 1 amide bonds. The van der Waals surface area contributed by atoms with Gasteiger partial charge in [-0.25, -0.2) is 4.98 Å². The highest BCUT2D eigenvalue weighted by atomic mass is 19.4. The fraction of sp³-hybridized carbons (Fsp3) is 0.471. The van der Waals surface area contributed by atoms with Crippen LogP contribution in [0.3, 0.4) is 0 Å². The minimum atomic E-state index is -4.44. The zero-order valence-electron chi connectivity index (χ0n) is 15.8. The van der Waals surface area contributed by atoms with Crippen LogP contribution in [0.5, 0.6) is 0 Å². The number of nitrogens with zero attached hydrogens (tertiary/aromatic N) is 6. The zero-order chi connectivity index (χ0) is 21.3. The lowest BCUT2D eigenvalue weighted by molar-refractivity contribution is -0.386. The highest BCUT2D eigenvalue weighted by Crippen LogP contribution is 2.29. The van der Waals surface area contributed by atoms with Gasteiger partial charge in [-0.1, -0.05) is 0 Å². The van der Waals surface area contributed by atoms with Gasteiger partial charge < -0.3 is 9.80 Å². The average Bonchev–Trinajstić information content (AvgIpc) is 2.94. The number of pyridine rings is 1. The Balaban J connectivity index is 1.60. The number of amides is 1. The third-order valence-corrected chi connectivity index (χ3v) is 4.84. The van der Waals surface area contributed by atoms with Crippen molar-refractivity contribution in [3.05, 3.63) is 45.4 Å². The summed E-state index contributed by atoms with van der Waals surface area (Å²) in [5, 5.41) is 15.1. The van der Waals surface area contributed by atoms with Gasteiger partial charge in [-0.3, -0.25) is 19.6 Å². The lowest BCUT2D eigenvalue weighted by Gasteiger charge is -2.35. The van der Waals surface area contributed by atoms with Gasteiger partial charge in [0.15, 0.2) is 0 Å². The molecule has 156 valence electrons. The molecule has 0 saturated carbocycles. The monoisotopic (exact) mass is 412 g/mol. The highest BCUT2D eigenvalue weighted by molar-refractivity contribution is 5.76. The van der Waals surface area contributed by atoms with Crippen LogP contribution in [-0.2, 0) is 17.5 Å². The Hall–Kier alpha value is -3.18. The van der Waals surface area contributed by atoms with E-state index in [-0.39, 0.29) is 23.8 Å². The van der Waals surface area contributed by atoms with Crippen LogP contribution in [0.4, 0.5) is 24.7 Å². The largest absolute Gasteiger partial charge is 0.417 e. The van der Waals surface area contributed by atoms with Crippen LogP contribution in [-0.4, -0.2) is 56.7 Å². The third kappa shape index (κ3) is 4.30. The van der Waals surface area contributed by atoms with Gasteiger partial charge in [0.2, 0.25) is 5.91 Å². The molecule has 3 heterocycles. The standard InChI is InChI=1S/C17H19F3N6O3/c1-11-16(26(28)29)12(2)25(22-11)10-15(27)24-7-5-23(6-8-24)14-4-3-13(9-21-14)17(18,19)20/h3-4,9H,5-8,10H2,1-2H3. The third-order valence-electron chi connectivity index (χ3n) is 4.84. The number of piperazine rings is 1. The molecule has 1 aliphatic rings. The maximum Gasteiger partial charge on any atom is 0.417 e. The molecule has 0 N–H and O–H groups in total. The van der Waals surface area contributed by atoms with Crippen LogP contribution in [0, 0.1) is 24.0 Å². The van der Waals surface area contributed by atoms with E-state index in [0.29, 0.717) is 37.7 Å². The van der Waals surface area contributed by atoms with E-state index in [1.807, 2.05) is 0 Å². The minimum absolute atomic E-state index is 0.101. The van der Waals surface area contributed by atoms with Crippen LogP contribution in [0.1, 0.15) is 17.0 Å². The molecule has 0 unspecified atom stereocenters. The van der Waals surface area contributed by atoms with E-state index >= 15 is 0 Å². The average molecular weight is 412 g/mol. The SMILES string of the molecule is Cc1nn(CC(=O)N2CCN(c3ccc(C(F)(F)F)cn3)CC2)c(C)c1[N+](=O)[O-]. The smallest absolute Gasteiger partial charge is 0.353 e. The maximum atomic E-state index is 12.6. The number of aryl methyl sites for hydroxylation is 1. The Morgan fingerprint density at radius 2 is 1.86 bits per heavy atom. The molecule has 0 radical (unpaired) electrons. The Bertz CT molecular complexity index is 918. The summed E-state index contributed by atoms with van der Waals surface area (Å²) in [5.41, 5.74) is -0.350. The Kier molecular flexibility index (Phi) is 5.44. The zero-order valence-corrected chi connectivity index (χ0v) is 15.8. The molecule has 0 aromatic carbocycles. The molecule has 12 heteroatoms. The lowest BCUT2D eigenvalue weighted by atomic mass is 10.2. The number of carbonyl (C=O) groups is 1. The van der Waals surface area contributed by atoms with E-state index in [1.54, 1.807) is 16.7 Å². The van der Waals surface area contributed by atoms with Gasteiger partial charge in [-0.15, -0.1) is 0 Å². The molecule has 0 bridgehead atoms. The molecule has 2 aromatic heterocycles. The van der Waals surface area contributed by atoms with Gasteiger partial charge in [0, 0.05) is 32.4 Å².